The molecule has 0 unspecified atom stereocenters. The molecule has 0 nitrogen and oxygen atoms in total. The Kier molecular flexibility index (Phi) is 13.9. The standard InChI is InChI=1S/C16H35IS/c1-4-7-9-11-13-15-18(17,6-3)16-14-12-10-8-5-2/h4-16H2,1-3H3. The van der Waals surface area contributed by atoms with Gasteiger partial charge in [0, 0.05) is 0 Å². The summed E-state index contributed by atoms with van der Waals surface area (Å²) in [6.45, 7) is 7.02. The lowest BCUT2D eigenvalue weighted by atomic mass is 10.2. The summed E-state index contributed by atoms with van der Waals surface area (Å²) in [5.41, 5.74) is 0. The van der Waals surface area contributed by atoms with Gasteiger partial charge in [0.2, 0.25) is 0 Å². The first-order chi connectivity index (χ1) is 8.68. The zero-order chi connectivity index (χ0) is 13.7. The molecule has 0 aromatic heterocycles. The molecule has 0 fully saturated rings. The van der Waals surface area contributed by atoms with E-state index in [1.165, 1.54) is 81.5 Å². The summed E-state index contributed by atoms with van der Waals surface area (Å²) in [5.74, 6) is 4.50. The Morgan fingerprint density at radius 2 is 1.00 bits per heavy atom. The first-order valence-corrected chi connectivity index (χ1v) is 12.8. The second-order valence-electron chi connectivity index (χ2n) is 5.47. The maximum absolute atomic E-state index is 2.84. The van der Waals surface area contributed by atoms with Crippen molar-refractivity contribution in [1.82, 2.24) is 0 Å². The Balaban J connectivity index is 3.60. The predicted octanol–water partition coefficient (Wildman–Crippen LogP) is 7.10. The highest BCUT2D eigenvalue weighted by Crippen LogP contribution is 2.57. The molecule has 0 rings (SSSR count). The van der Waals surface area contributed by atoms with Crippen molar-refractivity contribution in [1.29, 1.82) is 0 Å². The number of rotatable bonds is 13. The highest BCUT2D eigenvalue weighted by atomic mass is 127. The highest BCUT2D eigenvalue weighted by molar-refractivity contribution is 14.2. The van der Waals surface area contributed by atoms with Crippen molar-refractivity contribution in [2.24, 2.45) is 0 Å². The zero-order valence-corrected chi connectivity index (χ0v) is 16.0. The fourth-order valence-corrected chi connectivity index (χ4v) is 6.41. The average Bonchev–Trinajstić information content (AvgIpc) is 2.38. The summed E-state index contributed by atoms with van der Waals surface area (Å²) >= 11 is 2.84. The first-order valence-electron chi connectivity index (χ1n) is 8.14. The van der Waals surface area contributed by atoms with E-state index in [-0.39, 0.29) is 7.20 Å². The van der Waals surface area contributed by atoms with E-state index in [1.807, 2.05) is 0 Å². The van der Waals surface area contributed by atoms with Crippen LogP contribution in [-0.4, -0.2) is 17.3 Å². The molecular formula is C16H35IS. The summed E-state index contributed by atoms with van der Waals surface area (Å²) < 4.78 is 0. The van der Waals surface area contributed by atoms with Crippen molar-refractivity contribution in [3.63, 3.8) is 0 Å². The molecule has 0 aliphatic rings. The number of hydrogen-bond donors (Lipinski definition) is 0. The van der Waals surface area contributed by atoms with Gasteiger partial charge in [-0.3, -0.25) is 0 Å². The van der Waals surface area contributed by atoms with Crippen molar-refractivity contribution in [2.45, 2.75) is 85.0 Å². The summed E-state index contributed by atoms with van der Waals surface area (Å²) in [4.78, 5) is 0. The second kappa shape index (κ2) is 13.1. The lowest BCUT2D eigenvalue weighted by Crippen LogP contribution is -2.05. The Labute approximate surface area is 130 Å². The van der Waals surface area contributed by atoms with Crippen LogP contribution in [0.25, 0.3) is 0 Å². The lowest BCUT2D eigenvalue weighted by Gasteiger charge is -2.32. The van der Waals surface area contributed by atoms with Crippen LogP contribution in [0, 0.1) is 0 Å². The number of hydrogen-bond acceptors (Lipinski definition) is 0. The Morgan fingerprint density at radius 3 is 1.33 bits per heavy atom. The largest absolute Gasteiger partial charge is 0.188 e. The molecule has 0 spiro atoms. The molecule has 0 aliphatic heterocycles. The minimum atomic E-state index is -0.281. The third-order valence-corrected chi connectivity index (χ3v) is 11.3. The topological polar surface area (TPSA) is 0 Å². The van der Waals surface area contributed by atoms with Crippen LogP contribution in [0.5, 0.6) is 0 Å². The normalized spacial score (nSPS) is 12.9. The molecule has 0 aromatic rings. The molecule has 112 valence electrons. The maximum Gasteiger partial charge on any atom is -0.0144 e. The Hall–Kier alpha value is 1.08. The molecule has 0 N–H and O–H groups in total. The van der Waals surface area contributed by atoms with Crippen LogP contribution in [0.1, 0.15) is 85.0 Å². The molecule has 0 heterocycles. The quantitative estimate of drug-likeness (QED) is 0.234. The van der Waals surface area contributed by atoms with E-state index in [2.05, 4.69) is 42.0 Å². The predicted molar refractivity (Wildman–Crippen MR) is 99.4 cm³/mol. The van der Waals surface area contributed by atoms with Crippen molar-refractivity contribution in [3.05, 3.63) is 0 Å². The summed E-state index contributed by atoms with van der Waals surface area (Å²) in [6, 6.07) is 0. The van der Waals surface area contributed by atoms with Crippen LogP contribution >= 0.6 is 28.4 Å². The fraction of sp³-hybridized carbons (Fsp3) is 1.00. The minimum Gasteiger partial charge on any atom is -0.188 e. The van der Waals surface area contributed by atoms with Gasteiger partial charge in [0.25, 0.3) is 0 Å². The van der Waals surface area contributed by atoms with Crippen LogP contribution in [0.3, 0.4) is 0 Å². The third-order valence-electron chi connectivity index (χ3n) is 3.74. The van der Waals surface area contributed by atoms with Gasteiger partial charge in [0.1, 0.15) is 0 Å². The molecule has 2 heteroatoms. The van der Waals surface area contributed by atoms with Gasteiger partial charge in [-0.2, -0.15) is 7.20 Å². The molecule has 0 saturated carbocycles. The summed E-state index contributed by atoms with van der Waals surface area (Å²) in [6.07, 6.45) is 14.5. The molecule has 0 bridgehead atoms. The maximum atomic E-state index is 2.84. The van der Waals surface area contributed by atoms with Gasteiger partial charge in [-0.25, -0.2) is 0 Å². The van der Waals surface area contributed by atoms with Gasteiger partial charge in [-0.1, -0.05) is 72.1 Å². The zero-order valence-electron chi connectivity index (χ0n) is 13.0. The van der Waals surface area contributed by atoms with Crippen LogP contribution in [0.15, 0.2) is 0 Å². The SMILES string of the molecule is CCCCCCCS(I)(CC)CCCCCCC. The molecule has 18 heavy (non-hydrogen) atoms. The van der Waals surface area contributed by atoms with Crippen LogP contribution in [-0.2, 0) is 0 Å². The van der Waals surface area contributed by atoms with E-state index >= 15 is 0 Å². The lowest BCUT2D eigenvalue weighted by molar-refractivity contribution is 0.653. The molecule has 0 saturated heterocycles. The Morgan fingerprint density at radius 1 is 0.611 bits per heavy atom. The summed E-state index contributed by atoms with van der Waals surface area (Å²) in [5, 5.41) is 0. The molecule has 0 aliphatic carbocycles. The van der Waals surface area contributed by atoms with E-state index in [0.717, 1.165) is 0 Å². The smallest absolute Gasteiger partial charge is 0.0144 e. The van der Waals surface area contributed by atoms with Crippen LogP contribution in [0.2, 0.25) is 0 Å². The van der Waals surface area contributed by atoms with Gasteiger partial charge in [-0.15, -0.1) is 0 Å². The fourth-order valence-electron chi connectivity index (χ4n) is 2.32. The molecule has 0 amide bonds. The molecule has 0 atom stereocenters. The van der Waals surface area contributed by atoms with E-state index in [0.29, 0.717) is 0 Å². The van der Waals surface area contributed by atoms with Crippen molar-refractivity contribution >= 4 is 28.4 Å². The molecule has 0 aromatic carbocycles. The van der Waals surface area contributed by atoms with Gasteiger partial charge < -0.3 is 0 Å². The van der Waals surface area contributed by atoms with Crippen molar-refractivity contribution in [2.75, 3.05) is 17.3 Å². The summed E-state index contributed by atoms with van der Waals surface area (Å²) in [7, 11) is -0.281. The van der Waals surface area contributed by atoms with E-state index in [1.54, 1.807) is 0 Å². The average molecular weight is 386 g/mol. The monoisotopic (exact) mass is 386 g/mol. The molecule has 0 radical (unpaired) electrons. The third kappa shape index (κ3) is 11.0. The van der Waals surface area contributed by atoms with Gasteiger partial charge in [0.15, 0.2) is 0 Å². The van der Waals surface area contributed by atoms with E-state index < -0.39 is 0 Å². The van der Waals surface area contributed by atoms with E-state index in [4.69, 9.17) is 0 Å². The number of halogens is 1. The van der Waals surface area contributed by atoms with Gasteiger partial charge in [0.05, 0.1) is 0 Å². The van der Waals surface area contributed by atoms with Crippen molar-refractivity contribution in [3.8, 4) is 0 Å². The van der Waals surface area contributed by atoms with Crippen molar-refractivity contribution < 1.29 is 0 Å². The second-order valence-corrected chi connectivity index (χ2v) is 14.3. The van der Waals surface area contributed by atoms with Crippen LogP contribution < -0.4 is 0 Å². The minimum absolute atomic E-state index is 0.281. The van der Waals surface area contributed by atoms with Gasteiger partial charge in [-0.05, 0) is 51.3 Å². The molecular weight excluding hydrogens is 351 g/mol. The van der Waals surface area contributed by atoms with Gasteiger partial charge >= 0.3 is 0 Å². The Bertz CT molecular complexity index is 156. The van der Waals surface area contributed by atoms with Crippen LogP contribution in [0.4, 0.5) is 0 Å². The highest BCUT2D eigenvalue weighted by Gasteiger charge is 2.16. The first kappa shape index (κ1) is 19.1. The van der Waals surface area contributed by atoms with E-state index in [9.17, 15) is 0 Å². The number of unbranched alkanes of at least 4 members (excludes halogenated alkanes) is 8.